The Hall–Kier alpha value is -0.810. The molecular formula is C6H11NO4. The van der Waals surface area contributed by atoms with Crippen LogP contribution in [0.15, 0.2) is 0 Å². The van der Waals surface area contributed by atoms with Crippen LogP contribution in [0.5, 0.6) is 0 Å². The van der Waals surface area contributed by atoms with E-state index in [1.54, 1.807) is 0 Å². The van der Waals surface area contributed by atoms with Crippen molar-refractivity contribution in [3.05, 3.63) is 0 Å². The van der Waals surface area contributed by atoms with Crippen LogP contribution < -0.4 is 0 Å². The monoisotopic (exact) mass is 161 g/mol. The van der Waals surface area contributed by atoms with E-state index in [1.807, 2.05) is 0 Å². The highest BCUT2D eigenvalue weighted by Crippen LogP contribution is 2.25. The fourth-order valence-electron chi connectivity index (χ4n) is 1.02. The number of nitrogens with zero attached hydrogens (tertiary/aromatic N) is 1. The van der Waals surface area contributed by atoms with Crippen molar-refractivity contribution in [3.63, 3.8) is 0 Å². The average Bonchev–Trinajstić information content (AvgIpc) is 2.35. The number of hydrogen-bond acceptors (Lipinski definition) is 3. The third-order valence-electron chi connectivity index (χ3n) is 1.79. The number of hydrogen-bond donors (Lipinski definition) is 2. The fraction of sp³-hybridized carbons (Fsp3) is 0.833. The first-order valence-electron chi connectivity index (χ1n) is 3.39. The highest BCUT2D eigenvalue weighted by molar-refractivity contribution is 5.65. The van der Waals surface area contributed by atoms with Gasteiger partial charge in [0.25, 0.3) is 5.91 Å². The molecule has 0 aromatic rings. The van der Waals surface area contributed by atoms with Crippen molar-refractivity contribution in [1.29, 1.82) is 0 Å². The van der Waals surface area contributed by atoms with Gasteiger partial charge in [-0.2, -0.15) is 0 Å². The summed E-state index contributed by atoms with van der Waals surface area (Å²) in [7, 11) is 1.29. The molecule has 0 spiro atoms. The van der Waals surface area contributed by atoms with Crippen LogP contribution in [-0.4, -0.2) is 40.8 Å². The lowest BCUT2D eigenvalue weighted by atomic mass is 10.3. The largest absolute Gasteiger partial charge is 0.465 e. The van der Waals surface area contributed by atoms with Crippen molar-refractivity contribution < 1.29 is 19.7 Å². The molecule has 0 radical (unpaired) electrons. The molecule has 1 unspecified atom stereocenters. The Labute approximate surface area is 64.2 Å². The molecule has 1 saturated heterocycles. The first kappa shape index (κ1) is 8.29. The van der Waals surface area contributed by atoms with E-state index in [2.05, 4.69) is 0 Å². The van der Waals surface area contributed by atoms with E-state index in [9.17, 15) is 9.90 Å². The minimum absolute atomic E-state index is 0.343. The van der Waals surface area contributed by atoms with Gasteiger partial charge in [0.2, 0.25) is 0 Å². The Morgan fingerprint density at radius 2 is 2.36 bits per heavy atom. The molecule has 1 rings (SSSR count). The van der Waals surface area contributed by atoms with E-state index in [-0.39, 0.29) is 0 Å². The van der Waals surface area contributed by atoms with Gasteiger partial charge in [-0.05, 0) is 6.42 Å². The van der Waals surface area contributed by atoms with Gasteiger partial charge >= 0.3 is 6.09 Å². The van der Waals surface area contributed by atoms with Crippen LogP contribution in [0.2, 0.25) is 0 Å². The smallest absolute Gasteiger partial charge is 0.411 e. The van der Waals surface area contributed by atoms with Gasteiger partial charge in [0.15, 0.2) is 0 Å². The van der Waals surface area contributed by atoms with E-state index in [0.29, 0.717) is 19.4 Å². The molecule has 1 aliphatic heterocycles. The highest BCUT2D eigenvalue weighted by atomic mass is 16.7. The standard InChI is InChI=1S/C6H11NO4/c1-7(5(8)9)6(10)3-2-4-11-6/h10H,2-4H2,1H3,(H,8,9). The minimum atomic E-state index is -1.59. The number of aliphatic hydroxyl groups is 1. The van der Waals surface area contributed by atoms with E-state index in [0.717, 1.165) is 4.90 Å². The van der Waals surface area contributed by atoms with Crippen LogP contribution in [0.3, 0.4) is 0 Å². The summed E-state index contributed by atoms with van der Waals surface area (Å²) in [4.78, 5) is 11.2. The van der Waals surface area contributed by atoms with Crippen LogP contribution in [-0.2, 0) is 4.74 Å². The zero-order valence-corrected chi connectivity index (χ0v) is 6.28. The zero-order chi connectivity index (χ0) is 8.48. The Morgan fingerprint density at radius 1 is 1.73 bits per heavy atom. The Bertz CT molecular complexity index is 164. The molecule has 0 saturated carbocycles. The molecule has 11 heavy (non-hydrogen) atoms. The molecule has 0 bridgehead atoms. The molecule has 64 valence electrons. The van der Waals surface area contributed by atoms with Crippen LogP contribution in [0.4, 0.5) is 4.79 Å². The van der Waals surface area contributed by atoms with E-state index in [1.165, 1.54) is 7.05 Å². The lowest BCUT2D eigenvalue weighted by Crippen LogP contribution is -2.48. The van der Waals surface area contributed by atoms with Gasteiger partial charge in [0, 0.05) is 13.5 Å². The van der Waals surface area contributed by atoms with Gasteiger partial charge in [-0.15, -0.1) is 0 Å². The molecule has 0 aromatic heterocycles. The van der Waals surface area contributed by atoms with Gasteiger partial charge in [-0.1, -0.05) is 0 Å². The van der Waals surface area contributed by atoms with Gasteiger partial charge in [-0.3, -0.25) is 4.90 Å². The fourth-order valence-corrected chi connectivity index (χ4v) is 1.02. The van der Waals surface area contributed by atoms with E-state index >= 15 is 0 Å². The van der Waals surface area contributed by atoms with Gasteiger partial charge in [-0.25, -0.2) is 4.79 Å². The summed E-state index contributed by atoms with van der Waals surface area (Å²) in [6.45, 7) is 0.411. The topological polar surface area (TPSA) is 70.0 Å². The third-order valence-corrected chi connectivity index (χ3v) is 1.79. The summed E-state index contributed by atoms with van der Waals surface area (Å²) in [5.74, 6) is -1.59. The molecule has 1 atom stereocenters. The molecule has 5 heteroatoms. The molecule has 1 aliphatic rings. The summed E-state index contributed by atoms with van der Waals surface area (Å²) in [6.07, 6.45) is -0.154. The molecule has 0 aliphatic carbocycles. The molecule has 0 aromatic carbocycles. The first-order valence-corrected chi connectivity index (χ1v) is 3.39. The Kier molecular flexibility index (Phi) is 2.01. The van der Waals surface area contributed by atoms with Crippen LogP contribution in [0.1, 0.15) is 12.8 Å². The maximum atomic E-state index is 10.4. The van der Waals surface area contributed by atoms with Crippen LogP contribution >= 0.6 is 0 Å². The minimum Gasteiger partial charge on any atom is -0.465 e. The quantitative estimate of drug-likeness (QED) is 0.533. The first-order chi connectivity index (χ1) is 5.06. The molecule has 5 nitrogen and oxygen atoms in total. The van der Waals surface area contributed by atoms with Crippen molar-refractivity contribution >= 4 is 6.09 Å². The number of carboxylic acid groups (broad SMARTS) is 1. The zero-order valence-electron chi connectivity index (χ0n) is 6.28. The highest BCUT2D eigenvalue weighted by Gasteiger charge is 2.39. The van der Waals surface area contributed by atoms with Crippen LogP contribution in [0, 0.1) is 0 Å². The average molecular weight is 161 g/mol. The summed E-state index contributed by atoms with van der Waals surface area (Å²) in [5.41, 5.74) is 0. The molecular weight excluding hydrogens is 150 g/mol. The molecule has 1 fully saturated rings. The summed E-state index contributed by atoms with van der Waals surface area (Å²) >= 11 is 0. The lowest BCUT2D eigenvalue weighted by molar-refractivity contribution is -0.246. The van der Waals surface area contributed by atoms with Crippen molar-refractivity contribution in [1.82, 2.24) is 4.90 Å². The SMILES string of the molecule is CN(C(=O)O)C1(O)CCCO1. The van der Waals surface area contributed by atoms with E-state index < -0.39 is 12.0 Å². The maximum Gasteiger partial charge on any atom is 0.411 e. The second-order valence-electron chi connectivity index (χ2n) is 2.54. The van der Waals surface area contributed by atoms with Crippen molar-refractivity contribution in [2.24, 2.45) is 0 Å². The van der Waals surface area contributed by atoms with Crippen LogP contribution in [0.25, 0.3) is 0 Å². The van der Waals surface area contributed by atoms with Crippen molar-refractivity contribution in [2.45, 2.75) is 18.8 Å². The summed E-state index contributed by atoms with van der Waals surface area (Å²) < 4.78 is 4.86. The number of amides is 1. The molecule has 1 amide bonds. The summed E-state index contributed by atoms with van der Waals surface area (Å²) in [6, 6.07) is 0. The normalized spacial score (nSPS) is 30.4. The maximum absolute atomic E-state index is 10.4. The third kappa shape index (κ3) is 1.44. The van der Waals surface area contributed by atoms with Crippen molar-refractivity contribution in [3.8, 4) is 0 Å². The van der Waals surface area contributed by atoms with Crippen molar-refractivity contribution in [2.75, 3.05) is 13.7 Å². The Morgan fingerprint density at radius 3 is 2.73 bits per heavy atom. The predicted octanol–water partition coefficient (Wildman–Crippen LogP) is 0.0527. The summed E-state index contributed by atoms with van der Waals surface area (Å²) in [5, 5.41) is 17.9. The second-order valence-corrected chi connectivity index (χ2v) is 2.54. The lowest BCUT2D eigenvalue weighted by Gasteiger charge is -2.29. The molecule has 1 heterocycles. The number of carbonyl (C=O) groups is 1. The molecule has 2 N–H and O–H groups in total. The number of ether oxygens (including phenoxy) is 1. The second kappa shape index (κ2) is 2.67. The number of rotatable bonds is 1. The van der Waals surface area contributed by atoms with Gasteiger partial charge < -0.3 is 14.9 Å². The predicted molar refractivity (Wildman–Crippen MR) is 35.9 cm³/mol. The van der Waals surface area contributed by atoms with Gasteiger partial charge in [0.1, 0.15) is 0 Å². The Balaban J connectivity index is 2.63. The van der Waals surface area contributed by atoms with Gasteiger partial charge in [0.05, 0.1) is 6.61 Å². The van der Waals surface area contributed by atoms with E-state index in [4.69, 9.17) is 9.84 Å².